The summed E-state index contributed by atoms with van der Waals surface area (Å²) >= 11 is 0. The minimum Gasteiger partial charge on any atom is -0.320 e. The van der Waals surface area contributed by atoms with Gasteiger partial charge in [-0.1, -0.05) is 0 Å². The number of nitrogens with zero attached hydrogens (tertiary/aromatic N) is 5. The minimum atomic E-state index is 0.139. The molecular formula is C11H16N6. The van der Waals surface area contributed by atoms with E-state index in [9.17, 15) is 0 Å². The lowest BCUT2D eigenvalue weighted by atomic mass is 10.2. The second-order valence-electron chi connectivity index (χ2n) is 3.99. The first-order valence-electron chi connectivity index (χ1n) is 5.52. The first-order chi connectivity index (χ1) is 8.18. The van der Waals surface area contributed by atoms with Crippen molar-refractivity contribution in [1.82, 2.24) is 30.0 Å². The van der Waals surface area contributed by atoms with Gasteiger partial charge >= 0.3 is 0 Å². The Hall–Kier alpha value is -1.82. The van der Waals surface area contributed by atoms with E-state index in [1.165, 1.54) is 0 Å². The molecule has 0 bridgehead atoms. The highest BCUT2D eigenvalue weighted by Gasteiger charge is 2.11. The summed E-state index contributed by atoms with van der Waals surface area (Å²) in [4.78, 5) is 8.56. The fourth-order valence-corrected chi connectivity index (χ4v) is 1.65. The van der Waals surface area contributed by atoms with Gasteiger partial charge in [0.2, 0.25) is 0 Å². The molecule has 0 aliphatic carbocycles. The molecule has 2 heterocycles. The zero-order chi connectivity index (χ0) is 12.3. The van der Waals surface area contributed by atoms with Crippen LogP contribution in [0.2, 0.25) is 0 Å². The number of nitrogens with one attached hydrogen (secondary N) is 1. The average Bonchev–Trinajstić information content (AvgIpc) is 2.72. The third kappa shape index (κ3) is 2.65. The van der Waals surface area contributed by atoms with Gasteiger partial charge in [0.15, 0.2) is 0 Å². The van der Waals surface area contributed by atoms with Crippen LogP contribution in [0.5, 0.6) is 0 Å². The predicted molar refractivity (Wildman–Crippen MR) is 63.0 cm³/mol. The summed E-state index contributed by atoms with van der Waals surface area (Å²) in [6, 6.07) is 0.139. The highest BCUT2D eigenvalue weighted by molar-refractivity contribution is 5.12. The van der Waals surface area contributed by atoms with E-state index in [4.69, 9.17) is 0 Å². The van der Waals surface area contributed by atoms with Crippen molar-refractivity contribution in [3.05, 3.63) is 35.9 Å². The summed E-state index contributed by atoms with van der Waals surface area (Å²) in [5.41, 5.74) is 1.92. The molecule has 0 saturated heterocycles. The monoisotopic (exact) mass is 232 g/mol. The van der Waals surface area contributed by atoms with Gasteiger partial charge in [-0.05, 0) is 13.8 Å². The van der Waals surface area contributed by atoms with Crippen LogP contribution < -0.4 is 5.32 Å². The number of hydrogen-bond donors (Lipinski definition) is 1. The van der Waals surface area contributed by atoms with E-state index in [2.05, 4.69) is 32.4 Å². The summed E-state index contributed by atoms with van der Waals surface area (Å²) in [5.74, 6) is 0.901. The molecule has 1 N–H and O–H groups in total. The number of rotatable bonds is 4. The van der Waals surface area contributed by atoms with E-state index in [0.29, 0.717) is 6.54 Å². The van der Waals surface area contributed by atoms with Crippen LogP contribution in [0.15, 0.2) is 18.7 Å². The van der Waals surface area contributed by atoms with Crippen molar-refractivity contribution in [2.45, 2.75) is 26.4 Å². The van der Waals surface area contributed by atoms with Gasteiger partial charge in [0, 0.05) is 25.5 Å². The van der Waals surface area contributed by atoms with Crippen molar-refractivity contribution in [2.75, 3.05) is 0 Å². The van der Waals surface area contributed by atoms with Crippen LogP contribution in [-0.4, -0.2) is 24.7 Å². The number of aryl methyl sites for hydroxylation is 2. The Kier molecular flexibility index (Phi) is 3.43. The topological polar surface area (TPSA) is 68.5 Å². The van der Waals surface area contributed by atoms with Crippen molar-refractivity contribution >= 4 is 0 Å². The molecule has 17 heavy (non-hydrogen) atoms. The fourth-order valence-electron chi connectivity index (χ4n) is 1.65. The smallest absolute Gasteiger partial charge is 0.146 e. The van der Waals surface area contributed by atoms with Crippen molar-refractivity contribution in [3.8, 4) is 0 Å². The Morgan fingerprint density at radius 1 is 1.35 bits per heavy atom. The molecule has 2 aromatic rings. The zero-order valence-corrected chi connectivity index (χ0v) is 10.3. The van der Waals surface area contributed by atoms with Crippen molar-refractivity contribution in [2.24, 2.45) is 7.05 Å². The maximum atomic E-state index is 4.33. The van der Waals surface area contributed by atoms with Crippen molar-refractivity contribution in [3.63, 3.8) is 0 Å². The van der Waals surface area contributed by atoms with Gasteiger partial charge in [0.05, 0.1) is 17.9 Å². The predicted octanol–water partition coefficient (Wildman–Crippen LogP) is 0.764. The standard InChI is InChI=1S/C11H16N6/c1-8-11(13-5-4-12-8)9(2)14-6-10-16-15-7-17(10)3/h4-5,7,9,14H,6H2,1-3H3. The first-order valence-corrected chi connectivity index (χ1v) is 5.52. The molecule has 2 rings (SSSR count). The van der Waals surface area contributed by atoms with Crippen molar-refractivity contribution < 1.29 is 0 Å². The quantitative estimate of drug-likeness (QED) is 0.843. The largest absolute Gasteiger partial charge is 0.320 e. The molecule has 0 aliphatic heterocycles. The number of aromatic nitrogens is 5. The molecule has 1 unspecified atom stereocenters. The van der Waals surface area contributed by atoms with E-state index in [-0.39, 0.29) is 6.04 Å². The Labute approximate surface area is 100 Å². The van der Waals surface area contributed by atoms with E-state index in [1.54, 1.807) is 18.7 Å². The van der Waals surface area contributed by atoms with Crippen LogP contribution in [0.3, 0.4) is 0 Å². The summed E-state index contributed by atoms with van der Waals surface area (Å²) in [6.45, 7) is 4.68. The lowest BCUT2D eigenvalue weighted by Crippen LogP contribution is -2.22. The molecule has 0 fully saturated rings. The van der Waals surface area contributed by atoms with Crippen LogP contribution >= 0.6 is 0 Å². The van der Waals surface area contributed by atoms with Crippen LogP contribution in [0.1, 0.15) is 30.2 Å². The average molecular weight is 232 g/mol. The molecule has 0 spiro atoms. The molecule has 0 saturated carbocycles. The zero-order valence-electron chi connectivity index (χ0n) is 10.3. The fraction of sp³-hybridized carbons (Fsp3) is 0.455. The SMILES string of the molecule is Cc1nccnc1C(C)NCc1nncn1C. The Morgan fingerprint density at radius 2 is 2.12 bits per heavy atom. The summed E-state index contributed by atoms with van der Waals surface area (Å²) in [7, 11) is 1.93. The Bertz CT molecular complexity index is 492. The molecule has 0 amide bonds. The van der Waals surface area contributed by atoms with Gasteiger partial charge < -0.3 is 9.88 Å². The summed E-state index contributed by atoms with van der Waals surface area (Å²) in [6.07, 6.45) is 5.10. The second-order valence-corrected chi connectivity index (χ2v) is 3.99. The van der Waals surface area contributed by atoms with Gasteiger partial charge in [-0.3, -0.25) is 9.97 Å². The van der Waals surface area contributed by atoms with E-state index >= 15 is 0 Å². The normalized spacial score (nSPS) is 12.6. The molecule has 90 valence electrons. The van der Waals surface area contributed by atoms with E-state index in [0.717, 1.165) is 17.2 Å². The third-order valence-corrected chi connectivity index (χ3v) is 2.70. The Balaban J connectivity index is 2.01. The maximum Gasteiger partial charge on any atom is 0.146 e. The molecule has 1 atom stereocenters. The van der Waals surface area contributed by atoms with Gasteiger partial charge in [-0.15, -0.1) is 10.2 Å². The maximum absolute atomic E-state index is 4.33. The second kappa shape index (κ2) is 5.01. The first kappa shape index (κ1) is 11.7. The molecule has 0 aliphatic rings. The van der Waals surface area contributed by atoms with Crippen molar-refractivity contribution in [1.29, 1.82) is 0 Å². The summed E-state index contributed by atoms with van der Waals surface area (Å²) in [5, 5.41) is 11.2. The molecular weight excluding hydrogens is 216 g/mol. The molecule has 0 aromatic carbocycles. The van der Waals surface area contributed by atoms with Gasteiger partial charge in [0.1, 0.15) is 12.2 Å². The molecule has 6 heteroatoms. The lowest BCUT2D eigenvalue weighted by Gasteiger charge is -2.14. The number of hydrogen-bond acceptors (Lipinski definition) is 5. The highest BCUT2D eigenvalue weighted by atomic mass is 15.3. The van der Waals surface area contributed by atoms with E-state index < -0.39 is 0 Å². The third-order valence-electron chi connectivity index (χ3n) is 2.70. The Morgan fingerprint density at radius 3 is 2.76 bits per heavy atom. The van der Waals surface area contributed by atoms with Crippen LogP contribution in [0.25, 0.3) is 0 Å². The van der Waals surface area contributed by atoms with Crippen LogP contribution in [-0.2, 0) is 13.6 Å². The molecule has 6 nitrogen and oxygen atoms in total. The van der Waals surface area contributed by atoms with Gasteiger partial charge in [0.25, 0.3) is 0 Å². The lowest BCUT2D eigenvalue weighted by molar-refractivity contribution is 0.533. The summed E-state index contributed by atoms with van der Waals surface area (Å²) < 4.78 is 1.89. The molecule has 0 radical (unpaired) electrons. The van der Waals surface area contributed by atoms with E-state index in [1.807, 2.05) is 18.5 Å². The minimum absolute atomic E-state index is 0.139. The van der Waals surface area contributed by atoms with Crippen LogP contribution in [0.4, 0.5) is 0 Å². The highest BCUT2D eigenvalue weighted by Crippen LogP contribution is 2.11. The van der Waals surface area contributed by atoms with Crippen LogP contribution in [0, 0.1) is 6.92 Å². The van der Waals surface area contributed by atoms with Gasteiger partial charge in [-0.25, -0.2) is 0 Å². The van der Waals surface area contributed by atoms with Gasteiger partial charge in [-0.2, -0.15) is 0 Å². The molecule has 2 aromatic heterocycles.